The molecule has 1 aliphatic rings. The third-order valence-corrected chi connectivity index (χ3v) is 2.92. The maximum atomic E-state index is 9.73. The molecule has 0 spiro atoms. The van der Waals surface area contributed by atoms with Crippen molar-refractivity contribution in [2.45, 2.75) is 51.2 Å². The van der Waals surface area contributed by atoms with E-state index in [1.807, 2.05) is 16.9 Å². The van der Waals surface area contributed by atoms with E-state index < -0.39 is 0 Å². The van der Waals surface area contributed by atoms with Crippen molar-refractivity contribution < 1.29 is 5.11 Å². The molecule has 1 heterocycles. The highest BCUT2D eigenvalue weighted by atomic mass is 16.3. The van der Waals surface area contributed by atoms with Gasteiger partial charge in [-0.1, -0.05) is 0 Å². The molecular weight excluding hydrogens is 176 g/mol. The molecule has 1 N–H and O–H groups in total. The topological polar surface area (TPSA) is 38.0 Å². The van der Waals surface area contributed by atoms with Gasteiger partial charge in [0.05, 0.1) is 5.60 Å². The standard InChI is InChI=1S/C11H18N2O/c1-9(2)13-10(4-8-12-13)3-5-11(14)6-7-11/h4,8-9,14H,3,5-7H2,1-2H3. The first-order valence-electron chi connectivity index (χ1n) is 5.35. The van der Waals surface area contributed by atoms with Gasteiger partial charge in [0.25, 0.3) is 0 Å². The van der Waals surface area contributed by atoms with Gasteiger partial charge in [0, 0.05) is 17.9 Å². The van der Waals surface area contributed by atoms with Gasteiger partial charge >= 0.3 is 0 Å². The van der Waals surface area contributed by atoms with Crippen LogP contribution in [0.15, 0.2) is 12.3 Å². The number of hydrogen-bond acceptors (Lipinski definition) is 2. The van der Waals surface area contributed by atoms with Crippen LogP contribution in [0, 0.1) is 0 Å². The van der Waals surface area contributed by atoms with Crippen molar-refractivity contribution in [3.63, 3.8) is 0 Å². The lowest BCUT2D eigenvalue weighted by Gasteiger charge is -2.12. The lowest BCUT2D eigenvalue weighted by Crippen LogP contribution is -2.12. The first kappa shape index (κ1) is 9.71. The second-order valence-corrected chi connectivity index (χ2v) is 4.59. The van der Waals surface area contributed by atoms with Crippen molar-refractivity contribution in [3.8, 4) is 0 Å². The quantitative estimate of drug-likeness (QED) is 0.795. The Hall–Kier alpha value is -0.830. The van der Waals surface area contributed by atoms with E-state index in [4.69, 9.17) is 0 Å². The summed E-state index contributed by atoms with van der Waals surface area (Å²) in [7, 11) is 0. The Kier molecular flexibility index (Phi) is 2.35. The van der Waals surface area contributed by atoms with Crippen LogP contribution < -0.4 is 0 Å². The molecule has 0 aromatic carbocycles. The molecule has 0 amide bonds. The second kappa shape index (κ2) is 3.39. The fraction of sp³-hybridized carbons (Fsp3) is 0.727. The minimum Gasteiger partial charge on any atom is -0.390 e. The van der Waals surface area contributed by atoms with Crippen molar-refractivity contribution in [3.05, 3.63) is 18.0 Å². The molecule has 3 heteroatoms. The van der Waals surface area contributed by atoms with Crippen LogP contribution in [0.1, 0.15) is 44.8 Å². The van der Waals surface area contributed by atoms with Crippen LogP contribution in [-0.4, -0.2) is 20.5 Å². The fourth-order valence-corrected chi connectivity index (χ4v) is 1.76. The number of aliphatic hydroxyl groups is 1. The average molecular weight is 194 g/mol. The van der Waals surface area contributed by atoms with Crippen molar-refractivity contribution in [2.24, 2.45) is 0 Å². The van der Waals surface area contributed by atoms with Crippen LogP contribution in [0.2, 0.25) is 0 Å². The maximum absolute atomic E-state index is 9.73. The van der Waals surface area contributed by atoms with Gasteiger partial charge in [0.1, 0.15) is 0 Å². The summed E-state index contributed by atoms with van der Waals surface area (Å²) in [6, 6.07) is 2.46. The van der Waals surface area contributed by atoms with E-state index in [0.29, 0.717) is 6.04 Å². The van der Waals surface area contributed by atoms with E-state index in [2.05, 4.69) is 18.9 Å². The highest BCUT2D eigenvalue weighted by molar-refractivity contribution is 5.05. The van der Waals surface area contributed by atoms with Crippen LogP contribution in [0.5, 0.6) is 0 Å². The Balaban J connectivity index is 1.98. The normalized spacial score (nSPS) is 18.9. The Morgan fingerprint density at radius 2 is 2.29 bits per heavy atom. The summed E-state index contributed by atoms with van der Waals surface area (Å²) in [5.41, 5.74) is 0.895. The second-order valence-electron chi connectivity index (χ2n) is 4.59. The lowest BCUT2D eigenvalue weighted by molar-refractivity contribution is 0.139. The van der Waals surface area contributed by atoms with Crippen LogP contribution in [0.25, 0.3) is 0 Å². The van der Waals surface area contributed by atoms with Crippen LogP contribution >= 0.6 is 0 Å². The Labute approximate surface area is 84.7 Å². The van der Waals surface area contributed by atoms with Crippen molar-refractivity contribution in [1.29, 1.82) is 0 Å². The van der Waals surface area contributed by atoms with Gasteiger partial charge in [0.2, 0.25) is 0 Å². The van der Waals surface area contributed by atoms with Gasteiger partial charge in [-0.25, -0.2) is 0 Å². The molecule has 1 saturated carbocycles. The largest absolute Gasteiger partial charge is 0.390 e. The highest BCUT2D eigenvalue weighted by Crippen LogP contribution is 2.39. The molecule has 0 unspecified atom stereocenters. The molecule has 78 valence electrons. The summed E-state index contributed by atoms with van der Waals surface area (Å²) in [6.45, 7) is 4.25. The monoisotopic (exact) mass is 194 g/mol. The van der Waals surface area contributed by atoms with Crippen molar-refractivity contribution in [1.82, 2.24) is 9.78 Å². The van der Waals surface area contributed by atoms with E-state index in [0.717, 1.165) is 25.7 Å². The van der Waals surface area contributed by atoms with Gasteiger partial charge in [-0.2, -0.15) is 5.10 Å². The van der Waals surface area contributed by atoms with E-state index in [1.165, 1.54) is 5.69 Å². The zero-order chi connectivity index (χ0) is 10.2. The number of hydrogen-bond donors (Lipinski definition) is 1. The summed E-state index contributed by atoms with van der Waals surface area (Å²) >= 11 is 0. The van der Waals surface area contributed by atoms with Crippen LogP contribution in [0.4, 0.5) is 0 Å². The molecular formula is C11H18N2O. The van der Waals surface area contributed by atoms with Gasteiger partial charge in [-0.05, 0) is 45.6 Å². The fourth-order valence-electron chi connectivity index (χ4n) is 1.76. The van der Waals surface area contributed by atoms with Gasteiger partial charge in [0.15, 0.2) is 0 Å². The van der Waals surface area contributed by atoms with Crippen molar-refractivity contribution in [2.75, 3.05) is 0 Å². The smallest absolute Gasteiger partial charge is 0.0653 e. The molecule has 1 aromatic rings. The molecule has 0 saturated heterocycles. The SMILES string of the molecule is CC(C)n1nccc1CCC1(O)CC1. The molecule has 0 atom stereocenters. The summed E-state index contributed by atoms with van der Waals surface area (Å²) in [4.78, 5) is 0. The summed E-state index contributed by atoms with van der Waals surface area (Å²) in [5.74, 6) is 0. The molecule has 3 nitrogen and oxygen atoms in total. The van der Waals surface area contributed by atoms with Crippen LogP contribution in [0.3, 0.4) is 0 Å². The third kappa shape index (κ3) is 1.98. The summed E-state index contributed by atoms with van der Waals surface area (Å²) in [6.07, 6.45) is 5.61. The number of aryl methyl sites for hydroxylation is 1. The molecule has 0 radical (unpaired) electrons. The van der Waals surface area contributed by atoms with Crippen molar-refractivity contribution >= 4 is 0 Å². The zero-order valence-electron chi connectivity index (χ0n) is 8.90. The van der Waals surface area contributed by atoms with Gasteiger partial charge in [-0.3, -0.25) is 4.68 Å². The van der Waals surface area contributed by atoms with Gasteiger partial charge < -0.3 is 5.11 Å². The minimum atomic E-state index is -0.341. The average Bonchev–Trinajstić information content (AvgIpc) is 2.68. The van der Waals surface area contributed by atoms with E-state index in [-0.39, 0.29) is 5.60 Å². The molecule has 0 bridgehead atoms. The predicted octanol–water partition coefficient (Wildman–Crippen LogP) is 1.92. The van der Waals surface area contributed by atoms with E-state index >= 15 is 0 Å². The minimum absolute atomic E-state index is 0.341. The first-order valence-corrected chi connectivity index (χ1v) is 5.35. The highest BCUT2D eigenvalue weighted by Gasteiger charge is 2.39. The Morgan fingerprint density at radius 3 is 2.86 bits per heavy atom. The Bertz CT molecular complexity index is 313. The Morgan fingerprint density at radius 1 is 1.57 bits per heavy atom. The lowest BCUT2D eigenvalue weighted by atomic mass is 10.1. The first-order chi connectivity index (χ1) is 6.61. The molecule has 2 rings (SSSR count). The molecule has 0 aliphatic heterocycles. The summed E-state index contributed by atoms with van der Waals surface area (Å²) in [5, 5.41) is 14.0. The number of rotatable bonds is 4. The van der Waals surface area contributed by atoms with Gasteiger partial charge in [-0.15, -0.1) is 0 Å². The third-order valence-electron chi connectivity index (χ3n) is 2.92. The van der Waals surface area contributed by atoms with Crippen LogP contribution in [-0.2, 0) is 6.42 Å². The van der Waals surface area contributed by atoms with E-state index in [1.54, 1.807) is 0 Å². The number of aromatic nitrogens is 2. The van der Waals surface area contributed by atoms with E-state index in [9.17, 15) is 5.11 Å². The predicted molar refractivity (Wildman–Crippen MR) is 55.1 cm³/mol. The number of nitrogens with zero attached hydrogens (tertiary/aromatic N) is 2. The summed E-state index contributed by atoms with van der Waals surface area (Å²) < 4.78 is 2.03. The molecule has 1 fully saturated rings. The molecule has 1 aliphatic carbocycles. The maximum Gasteiger partial charge on any atom is 0.0653 e. The molecule has 1 aromatic heterocycles. The molecule has 14 heavy (non-hydrogen) atoms. The zero-order valence-corrected chi connectivity index (χ0v) is 8.90.